The normalized spacial score (nSPS) is 15.3. The van der Waals surface area contributed by atoms with Crippen molar-refractivity contribution in [3.05, 3.63) is 71.2 Å². The van der Waals surface area contributed by atoms with Gasteiger partial charge in [0.25, 0.3) is 11.1 Å². The van der Waals surface area contributed by atoms with Crippen LogP contribution in [-0.2, 0) is 11.3 Å². The molecule has 1 aliphatic heterocycles. The molecule has 146 valence electrons. The highest BCUT2D eigenvalue weighted by molar-refractivity contribution is 8.18. The molecular formula is C20H15N3O5S. The van der Waals surface area contributed by atoms with Crippen LogP contribution in [0.15, 0.2) is 68.5 Å². The molecule has 1 aliphatic rings. The van der Waals surface area contributed by atoms with E-state index in [9.17, 15) is 14.4 Å². The highest BCUT2D eigenvalue weighted by atomic mass is 32.2. The lowest BCUT2D eigenvalue weighted by atomic mass is 10.1. The van der Waals surface area contributed by atoms with Gasteiger partial charge in [-0.3, -0.25) is 14.5 Å². The fraction of sp³-hybridized carbons (Fsp3) is 0.0500. The molecular weight excluding hydrogens is 394 g/mol. The number of anilines is 1. The largest absolute Gasteiger partial charge is 0.467 e. The van der Waals surface area contributed by atoms with Gasteiger partial charge < -0.3 is 19.9 Å². The third-order valence-electron chi connectivity index (χ3n) is 4.10. The summed E-state index contributed by atoms with van der Waals surface area (Å²) in [6.07, 6.45) is 3.03. The Kier molecular flexibility index (Phi) is 4.96. The molecule has 29 heavy (non-hydrogen) atoms. The molecule has 9 heteroatoms. The first-order valence-electron chi connectivity index (χ1n) is 8.54. The van der Waals surface area contributed by atoms with Crippen LogP contribution in [0.3, 0.4) is 0 Å². The number of nitrogens with one attached hydrogen (secondary N) is 1. The van der Waals surface area contributed by atoms with E-state index < -0.39 is 11.9 Å². The molecule has 0 atom stereocenters. The number of hydrogen-bond acceptors (Lipinski definition) is 6. The van der Waals surface area contributed by atoms with Crippen LogP contribution in [0.1, 0.15) is 11.5 Å². The van der Waals surface area contributed by atoms with E-state index in [1.165, 1.54) is 6.26 Å². The second kappa shape index (κ2) is 7.72. The minimum Gasteiger partial charge on any atom is -0.467 e. The van der Waals surface area contributed by atoms with E-state index in [2.05, 4.69) is 5.32 Å². The van der Waals surface area contributed by atoms with Gasteiger partial charge >= 0.3 is 6.03 Å². The van der Waals surface area contributed by atoms with Crippen LogP contribution in [-0.4, -0.2) is 22.1 Å². The second-order valence-corrected chi connectivity index (χ2v) is 7.11. The first-order chi connectivity index (χ1) is 14.0. The number of thioether (sulfide) groups is 1. The third-order valence-corrected chi connectivity index (χ3v) is 5.01. The molecule has 3 aromatic rings. The minimum atomic E-state index is -0.640. The van der Waals surface area contributed by atoms with Crippen LogP contribution < -0.4 is 11.1 Å². The zero-order valence-electron chi connectivity index (χ0n) is 15.0. The van der Waals surface area contributed by atoms with Crippen molar-refractivity contribution in [1.82, 2.24) is 4.90 Å². The van der Waals surface area contributed by atoms with E-state index in [0.29, 0.717) is 23.0 Å². The zero-order chi connectivity index (χ0) is 20.4. The number of hydrogen-bond donors (Lipinski definition) is 2. The van der Waals surface area contributed by atoms with Gasteiger partial charge in [0.1, 0.15) is 17.3 Å². The predicted octanol–water partition coefficient (Wildman–Crippen LogP) is 4.27. The van der Waals surface area contributed by atoms with E-state index in [-0.39, 0.29) is 16.7 Å². The van der Waals surface area contributed by atoms with Gasteiger partial charge in [0.2, 0.25) is 0 Å². The van der Waals surface area contributed by atoms with E-state index in [1.807, 2.05) is 0 Å². The average Bonchev–Trinajstić information content (AvgIpc) is 3.41. The number of carbonyl (C=O) groups is 3. The SMILES string of the molecule is NC(=O)Nc1ccc(-c2ccc(C=C3SC(=O)N(Cc4ccco4)C3=O)o2)cc1. The van der Waals surface area contributed by atoms with E-state index in [4.69, 9.17) is 14.6 Å². The first-order valence-corrected chi connectivity index (χ1v) is 9.36. The Labute approximate surface area is 169 Å². The van der Waals surface area contributed by atoms with Crippen LogP contribution in [0.5, 0.6) is 0 Å². The molecule has 3 heterocycles. The number of imide groups is 1. The maximum atomic E-state index is 12.5. The van der Waals surface area contributed by atoms with Gasteiger partial charge in [-0.15, -0.1) is 0 Å². The zero-order valence-corrected chi connectivity index (χ0v) is 15.8. The standard InChI is InChI=1S/C20H15N3O5S/c21-19(25)22-13-5-3-12(4-6-13)16-8-7-14(28-16)10-17-18(24)23(20(26)29-17)11-15-2-1-9-27-15/h1-10H,11H2,(H3,21,22,25). The van der Waals surface area contributed by atoms with Crippen molar-refractivity contribution in [2.24, 2.45) is 5.73 Å². The number of rotatable bonds is 5. The van der Waals surface area contributed by atoms with Crippen LogP contribution in [0.25, 0.3) is 17.4 Å². The van der Waals surface area contributed by atoms with Gasteiger partial charge in [0, 0.05) is 17.3 Å². The van der Waals surface area contributed by atoms with Crippen LogP contribution in [0.2, 0.25) is 0 Å². The highest BCUT2D eigenvalue weighted by Gasteiger charge is 2.35. The Morgan fingerprint density at radius 2 is 1.93 bits per heavy atom. The minimum absolute atomic E-state index is 0.0874. The summed E-state index contributed by atoms with van der Waals surface area (Å²) in [5, 5.41) is 2.12. The molecule has 8 nitrogen and oxygen atoms in total. The molecule has 3 N–H and O–H groups in total. The fourth-order valence-electron chi connectivity index (χ4n) is 2.77. The van der Waals surface area contributed by atoms with Crippen molar-refractivity contribution < 1.29 is 23.2 Å². The molecule has 1 aromatic carbocycles. The van der Waals surface area contributed by atoms with Gasteiger partial charge in [-0.2, -0.15) is 0 Å². The number of nitrogens with two attached hydrogens (primary N) is 1. The summed E-state index contributed by atoms with van der Waals surface area (Å²) in [5.74, 6) is 1.17. The van der Waals surface area contributed by atoms with Crippen LogP contribution in [0.4, 0.5) is 15.3 Å². The topological polar surface area (TPSA) is 119 Å². The summed E-state index contributed by atoms with van der Waals surface area (Å²) in [6, 6.07) is 13.2. The number of benzene rings is 1. The Balaban J connectivity index is 1.49. The lowest BCUT2D eigenvalue weighted by Crippen LogP contribution is -2.27. The molecule has 0 saturated carbocycles. The van der Waals surface area contributed by atoms with Crippen molar-refractivity contribution in [3.8, 4) is 11.3 Å². The second-order valence-electron chi connectivity index (χ2n) is 6.12. The lowest BCUT2D eigenvalue weighted by Gasteiger charge is -2.09. The highest BCUT2D eigenvalue weighted by Crippen LogP contribution is 2.34. The van der Waals surface area contributed by atoms with Gasteiger partial charge in [0.15, 0.2) is 0 Å². The molecule has 0 aliphatic carbocycles. The first kappa shape index (κ1) is 18.6. The van der Waals surface area contributed by atoms with Crippen molar-refractivity contribution in [2.45, 2.75) is 6.54 Å². The quantitative estimate of drug-likeness (QED) is 0.608. The number of urea groups is 1. The van der Waals surface area contributed by atoms with Crippen molar-refractivity contribution in [2.75, 3.05) is 5.32 Å². The summed E-state index contributed by atoms with van der Waals surface area (Å²) in [4.78, 5) is 37.0. The van der Waals surface area contributed by atoms with Gasteiger partial charge in [-0.1, -0.05) is 0 Å². The third kappa shape index (κ3) is 4.09. The van der Waals surface area contributed by atoms with Gasteiger partial charge in [-0.05, 0) is 60.3 Å². The predicted molar refractivity (Wildman–Crippen MR) is 108 cm³/mol. The number of furan rings is 2. The number of primary amides is 1. The average molecular weight is 409 g/mol. The Bertz CT molecular complexity index is 1100. The maximum Gasteiger partial charge on any atom is 0.316 e. The smallest absolute Gasteiger partial charge is 0.316 e. The van der Waals surface area contributed by atoms with E-state index in [1.54, 1.807) is 54.6 Å². The van der Waals surface area contributed by atoms with E-state index in [0.717, 1.165) is 22.2 Å². The molecule has 0 bridgehead atoms. The molecule has 0 radical (unpaired) electrons. The van der Waals surface area contributed by atoms with Crippen LogP contribution in [0, 0.1) is 0 Å². The lowest BCUT2D eigenvalue weighted by molar-refractivity contribution is -0.123. The van der Waals surface area contributed by atoms with E-state index >= 15 is 0 Å². The molecule has 1 saturated heterocycles. The summed E-state index contributed by atoms with van der Waals surface area (Å²) in [7, 11) is 0. The summed E-state index contributed by atoms with van der Waals surface area (Å²) in [6.45, 7) is 0.0874. The summed E-state index contributed by atoms with van der Waals surface area (Å²) in [5.41, 5.74) is 6.44. The maximum absolute atomic E-state index is 12.5. The van der Waals surface area contributed by atoms with Crippen molar-refractivity contribution >= 4 is 40.7 Å². The molecule has 1 fully saturated rings. The molecule has 2 aromatic heterocycles. The number of carbonyl (C=O) groups excluding carboxylic acids is 3. The number of amides is 4. The van der Waals surface area contributed by atoms with Gasteiger partial charge in [0.05, 0.1) is 17.7 Å². The summed E-state index contributed by atoms with van der Waals surface area (Å²) < 4.78 is 11.0. The van der Waals surface area contributed by atoms with Crippen molar-refractivity contribution in [1.29, 1.82) is 0 Å². The summed E-state index contributed by atoms with van der Waals surface area (Å²) >= 11 is 0.856. The Morgan fingerprint density at radius 1 is 1.14 bits per heavy atom. The van der Waals surface area contributed by atoms with Gasteiger partial charge in [-0.25, -0.2) is 4.79 Å². The van der Waals surface area contributed by atoms with Crippen molar-refractivity contribution in [3.63, 3.8) is 0 Å². The Hall–Kier alpha value is -3.72. The molecule has 0 unspecified atom stereocenters. The van der Waals surface area contributed by atoms with Crippen LogP contribution >= 0.6 is 11.8 Å². The molecule has 4 amide bonds. The molecule has 0 spiro atoms. The Morgan fingerprint density at radius 3 is 2.62 bits per heavy atom. The fourth-order valence-corrected chi connectivity index (χ4v) is 3.59. The monoisotopic (exact) mass is 409 g/mol. The molecule has 4 rings (SSSR count). The number of nitrogens with zero attached hydrogens (tertiary/aromatic N) is 1.